The summed E-state index contributed by atoms with van der Waals surface area (Å²) in [4.78, 5) is 81.5. The Morgan fingerprint density at radius 3 is 1.09 bits per heavy atom. The summed E-state index contributed by atoms with van der Waals surface area (Å²) in [5, 5.41) is 2.73. The van der Waals surface area contributed by atoms with Crippen molar-refractivity contribution in [2.24, 2.45) is 21.7 Å². The first-order valence-corrected chi connectivity index (χ1v) is 33.2. The fourth-order valence-corrected chi connectivity index (χ4v) is 12.7. The Morgan fingerprint density at radius 2 is 0.742 bits per heavy atom. The molecule has 0 bridgehead atoms. The molecular weight excluding hydrogens is 1390 g/mol. The van der Waals surface area contributed by atoms with Gasteiger partial charge in [0.05, 0.1) is 43.6 Å². The maximum absolute atomic E-state index is 12.8. The molecule has 0 saturated carbocycles. The average molecular weight is 1470 g/mol. The van der Waals surface area contributed by atoms with Crippen LogP contribution in [0.2, 0.25) is 0 Å². The molecule has 11 aromatic rings. The van der Waals surface area contributed by atoms with Gasteiger partial charge in [-0.2, -0.15) is 0 Å². The van der Waals surface area contributed by atoms with Crippen molar-refractivity contribution in [2.75, 3.05) is 0 Å². The van der Waals surface area contributed by atoms with Gasteiger partial charge in [-0.15, -0.1) is 31.2 Å². The number of aryl methyl sites for hydroxylation is 2. The van der Waals surface area contributed by atoms with Crippen molar-refractivity contribution in [3.63, 3.8) is 0 Å². The molecule has 0 saturated heterocycles. The molecule has 0 unspecified atom stereocenters. The fourth-order valence-electron chi connectivity index (χ4n) is 12.0. The van der Waals surface area contributed by atoms with Gasteiger partial charge >= 0.3 is 0 Å². The minimum atomic E-state index is 0. The van der Waals surface area contributed by atoms with E-state index in [4.69, 9.17) is 16.4 Å². The number of fused-ring (bicyclic) bond motifs is 8. The Labute approximate surface area is 595 Å². The molecule has 0 amide bonds. The monoisotopic (exact) mass is 1460 g/mol. The van der Waals surface area contributed by atoms with E-state index < -0.39 is 0 Å². The molecule has 4 aliphatic rings. The van der Waals surface area contributed by atoms with Gasteiger partial charge in [0.25, 0.3) is 22.2 Å². The summed E-state index contributed by atoms with van der Waals surface area (Å²) >= 11 is 6.85. The number of aromatic nitrogens is 11. The van der Waals surface area contributed by atoms with Gasteiger partial charge in [-0.3, -0.25) is 37.4 Å². The zero-order chi connectivity index (χ0) is 66.5. The smallest absolute Gasteiger partial charge is 0.261 e. The molecule has 0 fully saturated rings. The van der Waals surface area contributed by atoms with Crippen LogP contribution >= 0.6 is 56.7 Å². The van der Waals surface area contributed by atoms with Gasteiger partial charge in [0, 0.05) is 90.5 Å². The number of hydrogen-bond donors (Lipinski definition) is 0. The maximum Gasteiger partial charge on any atom is 0.261 e. The van der Waals surface area contributed by atoms with E-state index in [0.29, 0.717) is 27.2 Å². The number of nitrogens with zero attached hydrogens (tertiary/aromatic N) is 11. The van der Waals surface area contributed by atoms with E-state index in [9.17, 15) is 19.2 Å². The predicted molar refractivity (Wildman–Crippen MR) is 402 cm³/mol. The zero-order valence-electron chi connectivity index (χ0n) is 55.0. The number of hydrogen-bond acceptors (Lipinski definition) is 11. The summed E-state index contributed by atoms with van der Waals surface area (Å²) < 4.78 is 9.27. The Bertz CT molecular complexity index is 5160. The molecule has 7 aromatic heterocycles. The van der Waals surface area contributed by atoms with Crippen LogP contribution in [0.1, 0.15) is 140 Å². The van der Waals surface area contributed by atoms with Crippen molar-refractivity contribution >= 4 is 100 Å². The lowest BCUT2D eigenvalue weighted by molar-refractivity contribution is 0.240. The van der Waals surface area contributed by atoms with E-state index in [1.165, 1.54) is 0 Å². The van der Waals surface area contributed by atoms with E-state index in [0.717, 1.165) is 154 Å². The van der Waals surface area contributed by atoms with E-state index in [2.05, 4.69) is 142 Å². The highest BCUT2D eigenvalue weighted by Crippen LogP contribution is 2.34. The lowest BCUT2D eigenvalue weighted by Gasteiger charge is -2.31. The van der Waals surface area contributed by atoms with Crippen LogP contribution < -0.4 is 22.2 Å². The lowest BCUT2D eigenvalue weighted by Crippen LogP contribution is -2.36. The third-order valence-corrected chi connectivity index (χ3v) is 18.4. The van der Waals surface area contributed by atoms with Gasteiger partial charge in [0.2, 0.25) is 0 Å². The molecule has 0 N–H and O–H groups in total. The first kappa shape index (κ1) is 73.9. The summed E-state index contributed by atoms with van der Waals surface area (Å²) in [6.45, 7) is 20.7. The molecule has 498 valence electrons. The van der Waals surface area contributed by atoms with Gasteiger partial charge < -0.3 is 0 Å². The first-order chi connectivity index (χ1) is 44.9. The van der Waals surface area contributed by atoms with Crippen LogP contribution in [0.4, 0.5) is 0 Å². The van der Waals surface area contributed by atoms with E-state index in [1.807, 2.05) is 140 Å². The molecule has 0 aliphatic carbocycles. The number of rotatable bonds is 0. The van der Waals surface area contributed by atoms with Gasteiger partial charge in [0.15, 0.2) is 0 Å². The number of pyridine rings is 3. The molecular formula is C78H79Br2Cl2N11O4. The molecule has 19 heteroatoms. The largest absolute Gasteiger partial charge is 0.296 e. The van der Waals surface area contributed by atoms with Crippen molar-refractivity contribution in [3.8, 4) is 36.0 Å². The van der Waals surface area contributed by atoms with Crippen LogP contribution in [-0.4, -0.2) is 53.2 Å². The van der Waals surface area contributed by atoms with Crippen LogP contribution in [0.5, 0.6) is 0 Å². The fraction of sp³-hybridized carbons (Fsp3) is 0.321. The molecule has 4 aromatic carbocycles. The molecule has 0 spiro atoms. The summed E-state index contributed by atoms with van der Waals surface area (Å²) in [6.07, 6.45) is 17.7. The van der Waals surface area contributed by atoms with Crippen LogP contribution in [0.25, 0.3) is 43.6 Å². The molecule has 15 rings (SSSR count). The molecule has 15 nitrogen and oxygen atoms in total. The van der Waals surface area contributed by atoms with Crippen molar-refractivity contribution in [3.05, 3.63) is 248 Å². The summed E-state index contributed by atoms with van der Waals surface area (Å²) in [7, 11) is 0. The number of halogens is 4. The zero-order valence-corrected chi connectivity index (χ0v) is 59.8. The highest BCUT2D eigenvalue weighted by atomic mass is 79.9. The van der Waals surface area contributed by atoms with Crippen molar-refractivity contribution in [1.29, 1.82) is 0 Å². The molecule has 97 heavy (non-hydrogen) atoms. The second-order valence-corrected chi connectivity index (χ2v) is 29.2. The summed E-state index contributed by atoms with van der Waals surface area (Å²) in [5.74, 6) is 18.3. The quantitative estimate of drug-likeness (QED) is 0.132. The number of benzene rings is 4. The first-order valence-electron chi connectivity index (χ1n) is 31.6. The predicted octanol–water partition coefficient (Wildman–Crippen LogP) is 15.1. The normalized spacial score (nSPS) is 15.1. The van der Waals surface area contributed by atoms with Gasteiger partial charge in [-0.05, 0) is 168 Å². The SMILES string of the molecule is C.C#Cc1ccccn1.CC1(C)CCc2nc3cc(Br)ccc3c(=O)n2C1.CC1(C)CCc2nc3cc(C#Cc4ccccn4)ccc3c(=O)n2C1.CC1(C)CCn2c(nc3cc(Br)ccc3c2=O)C1.CC1(C)CCn2c(nc3cc(C#Cc4ccccn4)ccc3c2=O)C1.Cl.Cl. The highest BCUT2D eigenvalue weighted by molar-refractivity contribution is 9.10. The van der Waals surface area contributed by atoms with Crippen LogP contribution in [-0.2, 0) is 51.9 Å². The third kappa shape index (κ3) is 18.0. The topological polar surface area (TPSA) is 178 Å². The third-order valence-electron chi connectivity index (χ3n) is 17.4. The van der Waals surface area contributed by atoms with Crippen LogP contribution in [0.3, 0.4) is 0 Å². The standard InChI is InChI=1S/2C21H19N3O.2C14H15BrN2O.C7H5N.CH4.2ClH/c1-21(2)11-10-19-23-18-13-15(6-8-16-5-3-4-12-22-16)7-9-17(18)20(25)24(19)14-21;1-21(2)10-12-24-19(14-21)23-18-13-15(7-9-17(18)20(24)25)6-8-16-5-3-4-11-22-16;1-14(2)5-6-17-12(8-14)16-11-7-9(15)3-4-10(11)13(17)18;1-14(2)6-5-12-16-11-7-9(15)3-4-10(11)13(18)17(12)8-14;1-2-7-5-3-4-6-8-7;;;/h3-5,7,9,12-13H,10-11,14H2,1-2H3;3-5,7,9,11,13H,10,12,14H2,1-2H3;2*3-4,7H,5-6,8H2,1-2H3;1,3-6H;1H4;2*1H. The Hall–Kier alpha value is -8.89. The summed E-state index contributed by atoms with van der Waals surface area (Å²) in [6, 6.07) is 39.3. The molecule has 11 heterocycles. The number of terminal acetylenes is 1. The second-order valence-electron chi connectivity index (χ2n) is 27.4. The van der Waals surface area contributed by atoms with E-state index in [-0.39, 0.29) is 76.1 Å². The van der Waals surface area contributed by atoms with Gasteiger partial charge in [-0.1, -0.05) is 131 Å². The average Bonchev–Trinajstić information content (AvgIpc) is 0.796. The second kappa shape index (κ2) is 31.1. The van der Waals surface area contributed by atoms with E-state index in [1.54, 1.807) is 24.7 Å². The minimum Gasteiger partial charge on any atom is -0.296 e. The lowest BCUT2D eigenvalue weighted by atomic mass is 9.83. The Kier molecular flexibility index (Phi) is 23.7. The van der Waals surface area contributed by atoms with Crippen LogP contribution in [0, 0.1) is 57.7 Å². The van der Waals surface area contributed by atoms with Crippen molar-refractivity contribution in [1.82, 2.24) is 53.2 Å². The van der Waals surface area contributed by atoms with Gasteiger partial charge in [0.1, 0.15) is 40.4 Å². The summed E-state index contributed by atoms with van der Waals surface area (Å²) in [5.41, 5.74) is 7.88. The maximum atomic E-state index is 12.8. The molecule has 0 atom stereocenters. The van der Waals surface area contributed by atoms with E-state index >= 15 is 0 Å². The Morgan fingerprint density at radius 1 is 0.402 bits per heavy atom. The minimum absolute atomic E-state index is 0. The molecule has 4 aliphatic heterocycles. The highest BCUT2D eigenvalue weighted by Gasteiger charge is 2.31. The van der Waals surface area contributed by atoms with Gasteiger partial charge in [-0.25, -0.2) is 34.9 Å². The molecule has 0 radical (unpaired) electrons. The van der Waals surface area contributed by atoms with Crippen molar-refractivity contribution < 1.29 is 0 Å². The van der Waals surface area contributed by atoms with Crippen LogP contribution in [0.15, 0.2) is 174 Å². The van der Waals surface area contributed by atoms with Crippen molar-refractivity contribution in [2.45, 2.75) is 140 Å². The Balaban J connectivity index is 0.000000159.